The number of carbonyl (C=O) groups excluding carboxylic acids is 1. The summed E-state index contributed by atoms with van der Waals surface area (Å²) in [7, 11) is -3.90. The lowest BCUT2D eigenvalue weighted by atomic mass is 10.1. The van der Waals surface area contributed by atoms with Crippen LogP contribution in [0.4, 0.5) is 11.4 Å². The minimum absolute atomic E-state index is 0.178. The SMILES string of the molecule is CCc1ccccc1N(CC(=O)N1CCN(c2ccccc2)CC1)S(=O)(=O)c1ccccc1. The van der Waals surface area contributed by atoms with Crippen molar-refractivity contribution >= 4 is 27.3 Å². The average Bonchev–Trinajstić information content (AvgIpc) is 2.88. The predicted molar refractivity (Wildman–Crippen MR) is 132 cm³/mol. The largest absolute Gasteiger partial charge is 0.368 e. The van der Waals surface area contributed by atoms with E-state index in [2.05, 4.69) is 17.0 Å². The molecule has 0 spiro atoms. The molecule has 0 N–H and O–H groups in total. The van der Waals surface area contributed by atoms with Gasteiger partial charge in [-0.2, -0.15) is 0 Å². The third kappa shape index (κ3) is 5.03. The summed E-state index contributed by atoms with van der Waals surface area (Å²) in [5, 5.41) is 0. The number of rotatable bonds is 7. The van der Waals surface area contributed by atoms with Crippen LogP contribution in [0.3, 0.4) is 0 Å². The number of hydrogen-bond acceptors (Lipinski definition) is 4. The fourth-order valence-electron chi connectivity index (χ4n) is 4.15. The van der Waals surface area contributed by atoms with Crippen molar-refractivity contribution in [3.05, 3.63) is 90.5 Å². The van der Waals surface area contributed by atoms with Crippen LogP contribution < -0.4 is 9.21 Å². The Labute approximate surface area is 196 Å². The number of para-hydroxylation sites is 2. The molecule has 0 saturated carbocycles. The van der Waals surface area contributed by atoms with Crippen LogP contribution in [0.2, 0.25) is 0 Å². The first-order valence-corrected chi connectivity index (χ1v) is 12.7. The van der Waals surface area contributed by atoms with Crippen LogP contribution >= 0.6 is 0 Å². The highest BCUT2D eigenvalue weighted by atomic mass is 32.2. The maximum absolute atomic E-state index is 13.6. The normalized spacial score (nSPS) is 14.2. The van der Waals surface area contributed by atoms with E-state index in [1.165, 1.54) is 4.31 Å². The Balaban J connectivity index is 1.56. The van der Waals surface area contributed by atoms with Gasteiger partial charge in [-0.25, -0.2) is 8.42 Å². The van der Waals surface area contributed by atoms with Gasteiger partial charge in [0.1, 0.15) is 6.54 Å². The average molecular weight is 464 g/mol. The zero-order valence-electron chi connectivity index (χ0n) is 18.8. The lowest BCUT2D eigenvalue weighted by Gasteiger charge is -2.37. The molecule has 1 aliphatic heterocycles. The van der Waals surface area contributed by atoms with E-state index in [1.54, 1.807) is 41.3 Å². The second-order valence-corrected chi connectivity index (χ2v) is 9.87. The zero-order chi connectivity index (χ0) is 23.3. The Kier molecular flexibility index (Phi) is 6.99. The van der Waals surface area contributed by atoms with E-state index in [1.807, 2.05) is 43.3 Å². The first-order chi connectivity index (χ1) is 16.0. The molecule has 1 aliphatic rings. The maximum atomic E-state index is 13.6. The van der Waals surface area contributed by atoms with Crippen molar-refractivity contribution in [3.8, 4) is 0 Å². The van der Waals surface area contributed by atoms with Crippen molar-refractivity contribution in [2.24, 2.45) is 0 Å². The predicted octanol–water partition coefficient (Wildman–Crippen LogP) is 3.79. The highest BCUT2D eigenvalue weighted by Crippen LogP contribution is 2.28. The summed E-state index contributed by atoms with van der Waals surface area (Å²) >= 11 is 0. The van der Waals surface area contributed by atoms with Gasteiger partial charge in [-0.1, -0.05) is 61.5 Å². The van der Waals surface area contributed by atoms with Crippen molar-refractivity contribution in [3.63, 3.8) is 0 Å². The van der Waals surface area contributed by atoms with Gasteiger partial charge in [0.05, 0.1) is 10.6 Å². The number of sulfonamides is 1. The van der Waals surface area contributed by atoms with Crippen molar-refractivity contribution < 1.29 is 13.2 Å². The Morgan fingerprint density at radius 1 is 0.818 bits per heavy atom. The van der Waals surface area contributed by atoms with Crippen LogP contribution in [0.1, 0.15) is 12.5 Å². The number of amides is 1. The molecule has 1 amide bonds. The first kappa shape index (κ1) is 22.9. The summed E-state index contributed by atoms with van der Waals surface area (Å²) in [6.45, 7) is 4.31. The fourth-order valence-corrected chi connectivity index (χ4v) is 5.62. The zero-order valence-corrected chi connectivity index (χ0v) is 19.6. The molecule has 0 atom stereocenters. The molecule has 1 fully saturated rings. The summed E-state index contributed by atoms with van der Waals surface area (Å²) < 4.78 is 28.5. The van der Waals surface area contributed by atoms with Gasteiger partial charge < -0.3 is 9.80 Å². The monoisotopic (exact) mass is 463 g/mol. The Hall–Kier alpha value is -3.32. The van der Waals surface area contributed by atoms with Crippen LogP contribution in [0.15, 0.2) is 89.8 Å². The molecule has 3 aromatic rings. The third-order valence-corrected chi connectivity index (χ3v) is 7.78. The van der Waals surface area contributed by atoms with Crippen LogP contribution in [0.25, 0.3) is 0 Å². The molecule has 0 radical (unpaired) electrons. The molecule has 0 unspecified atom stereocenters. The minimum atomic E-state index is -3.90. The Morgan fingerprint density at radius 2 is 1.39 bits per heavy atom. The molecule has 4 rings (SSSR count). The van der Waals surface area contributed by atoms with E-state index < -0.39 is 10.0 Å². The summed E-state index contributed by atoms with van der Waals surface area (Å²) in [6.07, 6.45) is 0.668. The van der Waals surface area contributed by atoms with Crippen molar-refractivity contribution in [2.45, 2.75) is 18.2 Å². The molecule has 1 saturated heterocycles. The number of carbonyl (C=O) groups is 1. The van der Waals surface area contributed by atoms with E-state index in [4.69, 9.17) is 0 Å². The molecular weight excluding hydrogens is 434 g/mol. The number of anilines is 2. The van der Waals surface area contributed by atoms with E-state index in [-0.39, 0.29) is 17.3 Å². The van der Waals surface area contributed by atoms with E-state index >= 15 is 0 Å². The summed E-state index contributed by atoms with van der Waals surface area (Å²) in [5.41, 5.74) is 2.58. The topological polar surface area (TPSA) is 60.9 Å². The van der Waals surface area contributed by atoms with Crippen molar-refractivity contribution in [1.82, 2.24) is 4.90 Å². The van der Waals surface area contributed by atoms with Gasteiger partial charge >= 0.3 is 0 Å². The first-order valence-electron chi connectivity index (χ1n) is 11.2. The molecule has 6 nitrogen and oxygen atoms in total. The third-order valence-electron chi connectivity index (χ3n) is 6.00. The minimum Gasteiger partial charge on any atom is -0.368 e. The van der Waals surface area contributed by atoms with Gasteiger partial charge in [-0.15, -0.1) is 0 Å². The Bertz CT molecular complexity index is 1180. The van der Waals surface area contributed by atoms with Crippen molar-refractivity contribution in [1.29, 1.82) is 0 Å². The Morgan fingerprint density at radius 3 is 2.03 bits per heavy atom. The number of piperazine rings is 1. The van der Waals surface area contributed by atoms with Gasteiger partial charge in [0.15, 0.2) is 0 Å². The molecule has 1 heterocycles. The lowest BCUT2D eigenvalue weighted by molar-refractivity contribution is -0.129. The summed E-state index contributed by atoms with van der Waals surface area (Å²) in [5.74, 6) is -0.187. The second kappa shape index (κ2) is 10.1. The quantitative estimate of drug-likeness (QED) is 0.535. The van der Waals surface area contributed by atoms with Crippen LogP contribution in [-0.2, 0) is 21.2 Å². The molecule has 0 aliphatic carbocycles. The standard InChI is InChI=1S/C26H29N3O3S/c1-2-22-11-9-10-16-25(22)29(33(31,32)24-14-7-4-8-15-24)21-26(30)28-19-17-27(18-20-28)23-12-5-3-6-13-23/h3-16H,2,17-21H2,1H3. The molecule has 7 heteroatoms. The molecular formula is C26H29N3O3S. The highest BCUT2D eigenvalue weighted by molar-refractivity contribution is 7.92. The number of benzene rings is 3. The second-order valence-electron chi connectivity index (χ2n) is 8.01. The number of aryl methyl sites for hydroxylation is 1. The highest BCUT2D eigenvalue weighted by Gasteiger charge is 2.31. The van der Waals surface area contributed by atoms with Crippen LogP contribution in [0.5, 0.6) is 0 Å². The number of hydrogen-bond donors (Lipinski definition) is 0. The lowest BCUT2D eigenvalue weighted by Crippen LogP contribution is -2.52. The van der Waals surface area contributed by atoms with E-state index in [0.717, 1.165) is 11.3 Å². The smallest absolute Gasteiger partial charge is 0.264 e. The maximum Gasteiger partial charge on any atom is 0.264 e. The summed E-state index contributed by atoms with van der Waals surface area (Å²) in [4.78, 5) is 17.5. The molecule has 33 heavy (non-hydrogen) atoms. The number of nitrogens with zero attached hydrogens (tertiary/aromatic N) is 3. The van der Waals surface area contributed by atoms with Gasteiger partial charge in [0.2, 0.25) is 5.91 Å². The van der Waals surface area contributed by atoms with Crippen LogP contribution in [-0.4, -0.2) is 51.9 Å². The summed E-state index contributed by atoms with van der Waals surface area (Å²) in [6, 6.07) is 25.8. The fraction of sp³-hybridized carbons (Fsp3) is 0.269. The van der Waals surface area contributed by atoms with Gasteiger partial charge in [-0.05, 0) is 42.3 Å². The molecule has 0 bridgehead atoms. The molecule has 3 aromatic carbocycles. The van der Waals surface area contributed by atoms with Crippen LogP contribution in [0, 0.1) is 0 Å². The van der Waals surface area contributed by atoms with Gasteiger partial charge in [0, 0.05) is 31.9 Å². The van der Waals surface area contributed by atoms with E-state index in [9.17, 15) is 13.2 Å². The molecule has 172 valence electrons. The van der Waals surface area contributed by atoms with Gasteiger partial charge in [-0.3, -0.25) is 9.10 Å². The van der Waals surface area contributed by atoms with E-state index in [0.29, 0.717) is 38.3 Å². The van der Waals surface area contributed by atoms with Gasteiger partial charge in [0.25, 0.3) is 10.0 Å². The van der Waals surface area contributed by atoms with Crippen molar-refractivity contribution in [2.75, 3.05) is 41.9 Å². The molecule has 0 aromatic heterocycles.